The lowest BCUT2D eigenvalue weighted by Crippen LogP contribution is -2.21. The third-order valence-electron chi connectivity index (χ3n) is 3.48. The molecule has 1 aromatic heterocycles. The lowest BCUT2D eigenvalue weighted by molar-refractivity contribution is 0.410. The van der Waals surface area contributed by atoms with Crippen LogP contribution in [0.15, 0.2) is 24.3 Å². The molecule has 0 bridgehead atoms. The Morgan fingerprint density at radius 3 is 2.57 bits per heavy atom. The van der Waals surface area contributed by atoms with Gasteiger partial charge in [0.15, 0.2) is 0 Å². The summed E-state index contributed by atoms with van der Waals surface area (Å²) in [5, 5.41) is 11.5. The highest BCUT2D eigenvalue weighted by Gasteiger charge is 2.20. The maximum atomic E-state index is 14.3. The van der Waals surface area contributed by atoms with Crippen molar-refractivity contribution in [3.63, 3.8) is 0 Å². The number of hydrogen-bond acceptors (Lipinski definition) is 4. The zero-order valence-corrected chi connectivity index (χ0v) is 12.8. The molecule has 0 radical (unpaired) electrons. The number of ether oxygens (including phenoxy) is 1. The molecule has 0 aliphatic heterocycles. The van der Waals surface area contributed by atoms with Crippen molar-refractivity contribution in [1.82, 2.24) is 15.5 Å². The maximum absolute atomic E-state index is 14.3. The first kappa shape index (κ1) is 15.4. The Morgan fingerprint density at radius 1 is 1.24 bits per heavy atom. The van der Waals surface area contributed by atoms with E-state index in [-0.39, 0.29) is 11.9 Å². The summed E-state index contributed by atoms with van der Waals surface area (Å²) >= 11 is 0. The molecule has 4 nitrogen and oxygen atoms in total. The highest BCUT2D eigenvalue weighted by atomic mass is 19.1. The van der Waals surface area contributed by atoms with Crippen molar-refractivity contribution in [3.05, 3.63) is 52.6 Å². The Kier molecular flexibility index (Phi) is 4.85. The smallest absolute Gasteiger partial charge is 0.132 e. The third-order valence-corrected chi connectivity index (χ3v) is 3.48. The van der Waals surface area contributed by atoms with E-state index in [2.05, 4.69) is 15.5 Å². The fourth-order valence-electron chi connectivity index (χ4n) is 2.41. The van der Waals surface area contributed by atoms with Crippen LogP contribution < -0.4 is 10.1 Å². The quantitative estimate of drug-likeness (QED) is 0.919. The number of halogens is 1. The van der Waals surface area contributed by atoms with Crippen LogP contribution in [0, 0.1) is 12.7 Å². The zero-order valence-electron chi connectivity index (χ0n) is 12.8. The van der Waals surface area contributed by atoms with E-state index in [1.54, 1.807) is 12.1 Å². The lowest BCUT2D eigenvalue weighted by atomic mass is 9.96. The number of aryl methyl sites for hydroxylation is 2. The number of rotatable bonds is 5. The molecule has 5 heteroatoms. The molecule has 2 rings (SSSR count). The van der Waals surface area contributed by atoms with Crippen LogP contribution in [0.4, 0.5) is 4.39 Å². The van der Waals surface area contributed by atoms with Crippen molar-refractivity contribution in [1.29, 1.82) is 0 Å². The Hall–Kier alpha value is -2.01. The van der Waals surface area contributed by atoms with Gasteiger partial charge >= 0.3 is 0 Å². The van der Waals surface area contributed by atoms with Crippen molar-refractivity contribution in [2.75, 3.05) is 14.2 Å². The molecule has 112 valence electrons. The van der Waals surface area contributed by atoms with Crippen LogP contribution >= 0.6 is 0 Å². The van der Waals surface area contributed by atoms with Crippen LogP contribution in [0.3, 0.4) is 0 Å². The van der Waals surface area contributed by atoms with E-state index in [4.69, 9.17) is 4.74 Å². The molecule has 1 aromatic carbocycles. The van der Waals surface area contributed by atoms with Crippen molar-refractivity contribution < 1.29 is 9.13 Å². The molecule has 1 atom stereocenters. The summed E-state index contributed by atoms with van der Waals surface area (Å²) in [7, 11) is 3.33. The van der Waals surface area contributed by atoms with E-state index in [1.807, 2.05) is 27.0 Å². The average Bonchev–Trinajstić information content (AvgIpc) is 2.49. The summed E-state index contributed by atoms with van der Waals surface area (Å²) in [6.07, 6.45) is 0.749. The van der Waals surface area contributed by atoms with E-state index in [0.717, 1.165) is 23.4 Å². The van der Waals surface area contributed by atoms with Gasteiger partial charge < -0.3 is 10.1 Å². The summed E-state index contributed by atoms with van der Waals surface area (Å²) in [6.45, 7) is 3.90. The molecule has 0 spiro atoms. The number of nitrogens with one attached hydrogen (secondary N) is 1. The molecule has 0 aliphatic carbocycles. The van der Waals surface area contributed by atoms with Crippen molar-refractivity contribution in [2.24, 2.45) is 0 Å². The van der Waals surface area contributed by atoms with E-state index in [0.29, 0.717) is 11.3 Å². The Bertz CT molecular complexity index is 631. The van der Waals surface area contributed by atoms with Gasteiger partial charge in [0.2, 0.25) is 0 Å². The molecule has 0 fully saturated rings. The average molecular weight is 289 g/mol. The normalized spacial score (nSPS) is 12.2. The lowest BCUT2D eigenvalue weighted by Gasteiger charge is -2.20. The summed E-state index contributed by atoms with van der Waals surface area (Å²) in [4.78, 5) is 0. The van der Waals surface area contributed by atoms with Crippen molar-refractivity contribution in [2.45, 2.75) is 26.3 Å². The minimum atomic E-state index is -0.301. The van der Waals surface area contributed by atoms with E-state index in [9.17, 15) is 4.39 Å². The Labute approximate surface area is 124 Å². The third kappa shape index (κ3) is 3.19. The SMILES string of the molecule is CCc1nnc(C)cc1C(NC)c1ccc(OC)cc1F. The van der Waals surface area contributed by atoms with Gasteiger partial charge in [0.25, 0.3) is 0 Å². The molecule has 1 heterocycles. The van der Waals surface area contributed by atoms with E-state index >= 15 is 0 Å². The monoisotopic (exact) mass is 289 g/mol. The number of aromatic nitrogens is 2. The number of hydrogen-bond donors (Lipinski definition) is 1. The largest absolute Gasteiger partial charge is 0.497 e. The van der Waals surface area contributed by atoms with Crippen LogP contribution in [0.2, 0.25) is 0 Å². The van der Waals surface area contributed by atoms with Crippen LogP contribution in [-0.4, -0.2) is 24.4 Å². The summed E-state index contributed by atoms with van der Waals surface area (Å²) in [5.74, 6) is 0.205. The van der Waals surface area contributed by atoms with Crippen LogP contribution in [0.5, 0.6) is 5.75 Å². The molecular weight excluding hydrogens is 269 g/mol. The predicted octanol–water partition coefficient (Wildman–Crippen LogP) is 2.80. The van der Waals surface area contributed by atoms with Crippen molar-refractivity contribution >= 4 is 0 Å². The molecule has 1 unspecified atom stereocenters. The first-order valence-corrected chi connectivity index (χ1v) is 6.94. The molecule has 1 N–H and O–H groups in total. The second-order valence-corrected chi connectivity index (χ2v) is 4.85. The van der Waals surface area contributed by atoms with Gasteiger partial charge in [-0.15, -0.1) is 0 Å². The molecule has 0 saturated carbocycles. The topological polar surface area (TPSA) is 47.0 Å². The summed E-state index contributed by atoms with van der Waals surface area (Å²) < 4.78 is 19.4. The molecule has 2 aromatic rings. The Morgan fingerprint density at radius 2 is 2.00 bits per heavy atom. The van der Waals surface area contributed by atoms with Crippen molar-refractivity contribution in [3.8, 4) is 5.75 Å². The standard InChI is InChI=1S/C16H20FN3O/c1-5-15-13(8-10(2)19-20-15)16(18-3)12-7-6-11(21-4)9-14(12)17/h6-9,16,18H,5H2,1-4H3. The van der Waals surface area contributed by atoms with Gasteiger partial charge in [-0.05, 0) is 38.1 Å². The molecule has 21 heavy (non-hydrogen) atoms. The fourth-order valence-corrected chi connectivity index (χ4v) is 2.41. The van der Waals surface area contributed by atoms with E-state index in [1.165, 1.54) is 13.2 Å². The van der Waals surface area contributed by atoms with Crippen LogP contribution in [0.1, 0.15) is 35.5 Å². The molecule has 0 aliphatic rings. The first-order chi connectivity index (χ1) is 10.1. The van der Waals surface area contributed by atoms with Gasteiger partial charge in [-0.1, -0.05) is 13.0 Å². The minimum absolute atomic E-state index is 0.264. The second-order valence-electron chi connectivity index (χ2n) is 4.85. The molecule has 0 saturated heterocycles. The van der Waals surface area contributed by atoms with Gasteiger partial charge in [0, 0.05) is 11.6 Å². The van der Waals surface area contributed by atoms with Crippen LogP contribution in [0.25, 0.3) is 0 Å². The van der Waals surface area contributed by atoms with Gasteiger partial charge in [-0.25, -0.2) is 4.39 Å². The van der Waals surface area contributed by atoms with Gasteiger partial charge in [-0.2, -0.15) is 10.2 Å². The summed E-state index contributed by atoms with van der Waals surface area (Å²) in [6, 6.07) is 6.59. The second kappa shape index (κ2) is 6.63. The van der Waals surface area contributed by atoms with Crippen LogP contribution in [-0.2, 0) is 6.42 Å². The number of benzene rings is 1. The number of nitrogens with zero attached hydrogens (tertiary/aromatic N) is 2. The first-order valence-electron chi connectivity index (χ1n) is 6.94. The highest BCUT2D eigenvalue weighted by molar-refractivity contribution is 5.38. The number of methoxy groups -OCH3 is 1. The molecular formula is C16H20FN3O. The fraction of sp³-hybridized carbons (Fsp3) is 0.375. The van der Waals surface area contributed by atoms with Gasteiger partial charge in [0.1, 0.15) is 11.6 Å². The van der Waals surface area contributed by atoms with Gasteiger partial charge in [-0.3, -0.25) is 0 Å². The van der Waals surface area contributed by atoms with Gasteiger partial charge in [0.05, 0.1) is 24.5 Å². The minimum Gasteiger partial charge on any atom is -0.497 e. The highest BCUT2D eigenvalue weighted by Crippen LogP contribution is 2.28. The summed E-state index contributed by atoms with van der Waals surface area (Å²) in [5.41, 5.74) is 3.21. The van der Waals surface area contributed by atoms with E-state index < -0.39 is 0 Å². The zero-order chi connectivity index (χ0) is 15.4. The molecule has 0 amide bonds. The maximum Gasteiger partial charge on any atom is 0.132 e. The Balaban J connectivity index is 2.51. The predicted molar refractivity (Wildman–Crippen MR) is 80.0 cm³/mol.